The first-order valence-corrected chi connectivity index (χ1v) is 6.33. The lowest BCUT2D eigenvalue weighted by Gasteiger charge is -2.08. The molecule has 0 saturated heterocycles. The molecule has 0 aliphatic carbocycles. The minimum absolute atomic E-state index is 0.0930. The van der Waals surface area contributed by atoms with E-state index in [0.717, 1.165) is 17.4 Å². The van der Waals surface area contributed by atoms with Crippen LogP contribution < -0.4 is 0 Å². The normalized spacial score (nSPS) is 11.6. The third-order valence-electron chi connectivity index (χ3n) is 2.20. The Morgan fingerprint density at radius 2 is 1.86 bits per heavy atom. The van der Waals surface area contributed by atoms with Crippen molar-refractivity contribution < 1.29 is 13.5 Å². The van der Waals surface area contributed by atoms with E-state index in [1.807, 2.05) is 13.0 Å². The van der Waals surface area contributed by atoms with Crippen LogP contribution in [0.1, 0.15) is 16.7 Å². The molecule has 1 rings (SSSR count). The molecule has 1 aromatic carbocycles. The number of hydrogen-bond acceptors (Lipinski definition) is 3. The van der Waals surface area contributed by atoms with E-state index in [1.165, 1.54) is 0 Å². The maximum absolute atomic E-state index is 11.0. The monoisotopic (exact) mass is 214 g/mol. The zero-order valence-corrected chi connectivity index (χ0v) is 9.35. The van der Waals surface area contributed by atoms with Gasteiger partial charge < -0.3 is 5.11 Å². The summed E-state index contributed by atoms with van der Waals surface area (Å²) in [7, 11) is -3.09. The summed E-state index contributed by atoms with van der Waals surface area (Å²) in [6.07, 6.45) is 1.15. The lowest BCUT2D eigenvalue weighted by Crippen LogP contribution is -2.01. The summed E-state index contributed by atoms with van der Waals surface area (Å²) in [4.78, 5) is 0. The predicted octanol–water partition coefficient (Wildman–Crippen LogP) is 1.55. The van der Waals surface area contributed by atoms with Gasteiger partial charge in [0.25, 0.3) is 0 Å². The van der Waals surface area contributed by atoms with Crippen molar-refractivity contribution in [1.82, 2.24) is 0 Å². The number of aromatic hydroxyl groups is 1. The molecule has 0 unspecified atom stereocenters. The van der Waals surface area contributed by atoms with Crippen molar-refractivity contribution in [3.8, 4) is 5.75 Å². The number of hydrogen-bond donors (Lipinski definition) is 1. The Hall–Kier alpha value is -1.03. The van der Waals surface area contributed by atoms with Gasteiger partial charge in [-0.15, -0.1) is 0 Å². The number of phenolic OH excluding ortho intramolecular Hbond substituents is 1. The second-order valence-electron chi connectivity index (χ2n) is 3.59. The van der Waals surface area contributed by atoms with Gasteiger partial charge in [-0.2, -0.15) is 0 Å². The molecule has 3 nitrogen and oxygen atoms in total. The molecule has 0 bridgehead atoms. The van der Waals surface area contributed by atoms with Crippen LogP contribution in [0.2, 0.25) is 0 Å². The molecule has 1 N–H and O–H groups in total. The topological polar surface area (TPSA) is 54.4 Å². The number of rotatable bonds is 2. The quantitative estimate of drug-likeness (QED) is 0.812. The van der Waals surface area contributed by atoms with Crippen LogP contribution in [0.25, 0.3) is 0 Å². The fourth-order valence-electron chi connectivity index (χ4n) is 1.26. The van der Waals surface area contributed by atoms with Crippen LogP contribution >= 0.6 is 0 Å². The number of sulfone groups is 1. The van der Waals surface area contributed by atoms with Gasteiger partial charge in [-0.3, -0.25) is 0 Å². The standard InChI is InChI=1S/C10H14O3S/c1-7-4-5-9(6-14(3,12)13)10(11)8(7)2/h4-5,11H,6H2,1-3H3. The summed E-state index contributed by atoms with van der Waals surface area (Å²) in [5.41, 5.74) is 2.17. The summed E-state index contributed by atoms with van der Waals surface area (Å²) in [5, 5.41) is 9.68. The third kappa shape index (κ3) is 2.48. The highest BCUT2D eigenvalue weighted by Crippen LogP contribution is 2.26. The predicted molar refractivity (Wildman–Crippen MR) is 56.1 cm³/mol. The van der Waals surface area contributed by atoms with Crippen molar-refractivity contribution in [1.29, 1.82) is 0 Å². The van der Waals surface area contributed by atoms with Crippen LogP contribution in [0.15, 0.2) is 12.1 Å². The second-order valence-corrected chi connectivity index (χ2v) is 5.73. The Balaban J connectivity index is 3.19. The molecule has 0 spiro atoms. The molecular formula is C10H14O3S. The lowest BCUT2D eigenvalue weighted by atomic mass is 10.1. The minimum atomic E-state index is -3.09. The Morgan fingerprint density at radius 1 is 1.29 bits per heavy atom. The highest BCUT2D eigenvalue weighted by atomic mass is 32.2. The summed E-state index contributed by atoms with van der Waals surface area (Å²) in [6.45, 7) is 3.65. The van der Waals surface area contributed by atoms with Gasteiger partial charge in [-0.25, -0.2) is 8.42 Å². The molecule has 14 heavy (non-hydrogen) atoms. The summed E-state index contributed by atoms with van der Waals surface area (Å²) < 4.78 is 22.1. The fourth-order valence-corrected chi connectivity index (χ4v) is 2.05. The molecule has 78 valence electrons. The first-order valence-electron chi connectivity index (χ1n) is 4.27. The van der Waals surface area contributed by atoms with Crippen LogP contribution in [0.4, 0.5) is 0 Å². The second kappa shape index (κ2) is 3.61. The average molecular weight is 214 g/mol. The smallest absolute Gasteiger partial charge is 0.151 e. The fraction of sp³-hybridized carbons (Fsp3) is 0.400. The molecule has 0 aromatic heterocycles. The maximum Gasteiger partial charge on any atom is 0.151 e. The van der Waals surface area contributed by atoms with Crippen molar-refractivity contribution in [3.05, 3.63) is 28.8 Å². The van der Waals surface area contributed by atoms with E-state index in [9.17, 15) is 13.5 Å². The lowest BCUT2D eigenvalue weighted by molar-refractivity contribution is 0.465. The van der Waals surface area contributed by atoms with Crippen molar-refractivity contribution in [2.24, 2.45) is 0 Å². The van der Waals surface area contributed by atoms with Gasteiger partial charge in [0.05, 0.1) is 5.75 Å². The van der Waals surface area contributed by atoms with Crippen LogP contribution in [0, 0.1) is 13.8 Å². The molecule has 1 aromatic rings. The number of phenols is 1. The van der Waals surface area contributed by atoms with Crippen molar-refractivity contribution >= 4 is 9.84 Å². The van der Waals surface area contributed by atoms with E-state index in [0.29, 0.717) is 5.56 Å². The molecule has 0 heterocycles. The van der Waals surface area contributed by atoms with E-state index >= 15 is 0 Å². The van der Waals surface area contributed by atoms with E-state index < -0.39 is 9.84 Å². The molecule has 0 aliphatic rings. The van der Waals surface area contributed by atoms with Gasteiger partial charge in [-0.1, -0.05) is 12.1 Å². The van der Waals surface area contributed by atoms with Gasteiger partial charge in [-0.05, 0) is 25.0 Å². The molecule has 0 radical (unpaired) electrons. The number of benzene rings is 1. The molecule has 4 heteroatoms. The van der Waals surface area contributed by atoms with Crippen molar-refractivity contribution in [2.45, 2.75) is 19.6 Å². The largest absolute Gasteiger partial charge is 0.507 e. The molecule has 0 fully saturated rings. The third-order valence-corrected chi connectivity index (χ3v) is 3.04. The molecular weight excluding hydrogens is 200 g/mol. The van der Waals surface area contributed by atoms with E-state index in [-0.39, 0.29) is 11.5 Å². The minimum Gasteiger partial charge on any atom is -0.507 e. The highest BCUT2D eigenvalue weighted by Gasteiger charge is 2.11. The van der Waals surface area contributed by atoms with Crippen molar-refractivity contribution in [3.63, 3.8) is 0 Å². The van der Waals surface area contributed by atoms with E-state index in [1.54, 1.807) is 13.0 Å². The highest BCUT2D eigenvalue weighted by molar-refractivity contribution is 7.89. The summed E-state index contributed by atoms with van der Waals surface area (Å²) in [5.74, 6) is -0.0182. The van der Waals surface area contributed by atoms with E-state index in [4.69, 9.17) is 0 Å². The van der Waals surface area contributed by atoms with Gasteiger partial charge >= 0.3 is 0 Å². The first-order chi connectivity index (χ1) is 6.31. The zero-order valence-electron chi connectivity index (χ0n) is 8.53. The molecule has 0 aliphatic heterocycles. The Kier molecular flexibility index (Phi) is 2.85. The van der Waals surface area contributed by atoms with Crippen LogP contribution in [0.3, 0.4) is 0 Å². The average Bonchev–Trinajstić information content (AvgIpc) is 2.04. The van der Waals surface area contributed by atoms with Crippen LogP contribution in [-0.4, -0.2) is 19.8 Å². The van der Waals surface area contributed by atoms with E-state index in [2.05, 4.69) is 0 Å². The van der Waals surface area contributed by atoms with Crippen LogP contribution in [0.5, 0.6) is 5.75 Å². The Bertz CT molecular complexity index is 447. The molecule has 0 amide bonds. The molecule has 0 saturated carbocycles. The SMILES string of the molecule is Cc1ccc(CS(C)(=O)=O)c(O)c1C. The van der Waals surface area contributed by atoms with Crippen molar-refractivity contribution in [2.75, 3.05) is 6.26 Å². The van der Waals surface area contributed by atoms with Gasteiger partial charge in [0.15, 0.2) is 9.84 Å². The summed E-state index contributed by atoms with van der Waals surface area (Å²) >= 11 is 0. The zero-order chi connectivity index (χ0) is 10.9. The van der Waals surface area contributed by atoms with Crippen LogP contribution in [-0.2, 0) is 15.6 Å². The first kappa shape index (κ1) is 11.0. The van der Waals surface area contributed by atoms with Gasteiger partial charge in [0.2, 0.25) is 0 Å². The number of aryl methyl sites for hydroxylation is 1. The molecule has 0 atom stereocenters. The van der Waals surface area contributed by atoms with Gasteiger partial charge in [0.1, 0.15) is 5.75 Å². The summed E-state index contributed by atoms with van der Waals surface area (Å²) in [6, 6.07) is 3.47. The maximum atomic E-state index is 11.0. The Labute approximate surface area is 84.3 Å². The Morgan fingerprint density at radius 3 is 2.36 bits per heavy atom. The van der Waals surface area contributed by atoms with Gasteiger partial charge in [0, 0.05) is 11.8 Å².